The molecule has 0 unspecified atom stereocenters. The molecule has 0 spiro atoms. The summed E-state index contributed by atoms with van der Waals surface area (Å²) in [5, 5.41) is 14.7. The molecule has 74 valence electrons. The van der Waals surface area contributed by atoms with Crippen molar-refractivity contribution in [3.8, 4) is 5.75 Å². The molecule has 4 heteroatoms. The smallest absolute Gasteiger partial charge is 0.116 e. The van der Waals surface area contributed by atoms with E-state index in [0.29, 0.717) is 6.54 Å². The van der Waals surface area contributed by atoms with Crippen LogP contribution in [0.5, 0.6) is 5.75 Å². The average molecular weight is 191 g/mol. The Balaban J connectivity index is 2.74. The number of aryl methyl sites for hydroxylation is 1. The predicted octanol–water partition coefficient (Wildman–Crippen LogP) is 1.22. The van der Waals surface area contributed by atoms with Gasteiger partial charge in [0, 0.05) is 18.5 Å². The Bertz CT molecular complexity index is 462. The summed E-state index contributed by atoms with van der Waals surface area (Å²) in [5.41, 5.74) is 7.49. The Kier molecular flexibility index (Phi) is 2.13. The average Bonchev–Trinajstić information content (AvgIpc) is 2.54. The Morgan fingerprint density at radius 2 is 2.29 bits per heavy atom. The summed E-state index contributed by atoms with van der Waals surface area (Å²) in [6.07, 6.45) is 0. The number of nitrogens with zero attached hydrogens (tertiary/aromatic N) is 2. The number of nitrogens with two attached hydrogens (primary N) is 1. The minimum absolute atomic E-state index is 0.253. The van der Waals surface area contributed by atoms with Gasteiger partial charge in [0.15, 0.2) is 0 Å². The molecule has 1 heterocycles. The third-order valence-electron chi connectivity index (χ3n) is 2.32. The number of aromatic hydroxyl groups is 1. The molecule has 0 bridgehead atoms. The van der Waals surface area contributed by atoms with Gasteiger partial charge in [-0.15, -0.1) is 0 Å². The molecule has 2 rings (SSSR count). The predicted molar refractivity (Wildman–Crippen MR) is 55.0 cm³/mol. The first-order chi connectivity index (χ1) is 6.76. The van der Waals surface area contributed by atoms with E-state index in [1.54, 1.807) is 18.2 Å². The van der Waals surface area contributed by atoms with Gasteiger partial charge in [-0.3, -0.25) is 4.68 Å². The molecule has 0 radical (unpaired) electrons. The van der Waals surface area contributed by atoms with E-state index in [9.17, 15) is 5.11 Å². The van der Waals surface area contributed by atoms with Crippen molar-refractivity contribution in [2.45, 2.75) is 20.0 Å². The molecule has 0 saturated carbocycles. The van der Waals surface area contributed by atoms with Crippen LogP contribution in [-0.2, 0) is 13.1 Å². The number of hydrogen-bond donors (Lipinski definition) is 2. The number of rotatable bonds is 2. The molecule has 0 saturated heterocycles. The molecule has 0 aliphatic heterocycles. The van der Waals surface area contributed by atoms with Crippen LogP contribution in [0.2, 0.25) is 0 Å². The van der Waals surface area contributed by atoms with Crippen LogP contribution in [0.1, 0.15) is 12.6 Å². The molecule has 0 fully saturated rings. The second-order valence-corrected chi connectivity index (χ2v) is 3.17. The second-order valence-electron chi connectivity index (χ2n) is 3.17. The van der Waals surface area contributed by atoms with Gasteiger partial charge in [-0.2, -0.15) is 5.10 Å². The number of hydrogen-bond acceptors (Lipinski definition) is 3. The van der Waals surface area contributed by atoms with Crippen molar-refractivity contribution < 1.29 is 5.11 Å². The van der Waals surface area contributed by atoms with Crippen LogP contribution < -0.4 is 5.73 Å². The maximum Gasteiger partial charge on any atom is 0.116 e. The Labute approximate surface area is 81.9 Å². The summed E-state index contributed by atoms with van der Waals surface area (Å²) in [4.78, 5) is 0. The summed E-state index contributed by atoms with van der Waals surface area (Å²) in [5.74, 6) is 0.253. The van der Waals surface area contributed by atoms with Crippen LogP contribution in [0.15, 0.2) is 18.2 Å². The summed E-state index contributed by atoms with van der Waals surface area (Å²) in [6, 6.07) is 5.14. The molecule has 14 heavy (non-hydrogen) atoms. The number of benzene rings is 1. The minimum atomic E-state index is 0.253. The summed E-state index contributed by atoms with van der Waals surface area (Å²) in [6.45, 7) is 3.25. The highest BCUT2D eigenvalue weighted by Gasteiger charge is 2.08. The van der Waals surface area contributed by atoms with Gasteiger partial charge in [-0.25, -0.2) is 0 Å². The third-order valence-corrected chi connectivity index (χ3v) is 2.32. The van der Waals surface area contributed by atoms with Gasteiger partial charge in [0.25, 0.3) is 0 Å². The van der Waals surface area contributed by atoms with Crippen molar-refractivity contribution in [2.24, 2.45) is 5.73 Å². The van der Waals surface area contributed by atoms with Crippen molar-refractivity contribution in [3.63, 3.8) is 0 Å². The lowest BCUT2D eigenvalue weighted by molar-refractivity contribution is 0.476. The topological polar surface area (TPSA) is 64.1 Å². The Morgan fingerprint density at radius 3 is 2.93 bits per heavy atom. The quantitative estimate of drug-likeness (QED) is 0.750. The van der Waals surface area contributed by atoms with Crippen molar-refractivity contribution in [1.82, 2.24) is 9.78 Å². The van der Waals surface area contributed by atoms with Crippen molar-refractivity contribution in [3.05, 3.63) is 23.9 Å². The van der Waals surface area contributed by atoms with Gasteiger partial charge < -0.3 is 10.8 Å². The van der Waals surface area contributed by atoms with Gasteiger partial charge in [-0.05, 0) is 25.1 Å². The van der Waals surface area contributed by atoms with E-state index in [1.807, 2.05) is 11.6 Å². The fraction of sp³-hybridized carbons (Fsp3) is 0.300. The van der Waals surface area contributed by atoms with Gasteiger partial charge in [0.1, 0.15) is 5.75 Å². The highest BCUT2D eigenvalue weighted by Crippen LogP contribution is 2.22. The van der Waals surface area contributed by atoms with Crippen molar-refractivity contribution >= 4 is 10.9 Å². The molecule has 1 aromatic heterocycles. The summed E-state index contributed by atoms with van der Waals surface area (Å²) < 4.78 is 1.87. The zero-order chi connectivity index (χ0) is 10.1. The second kappa shape index (κ2) is 3.31. The normalized spacial score (nSPS) is 11.0. The zero-order valence-electron chi connectivity index (χ0n) is 8.07. The van der Waals surface area contributed by atoms with Crippen LogP contribution in [0.3, 0.4) is 0 Å². The SMILES string of the molecule is CCn1nc2ccc(O)cc2c1CN. The Morgan fingerprint density at radius 1 is 1.50 bits per heavy atom. The highest BCUT2D eigenvalue weighted by atomic mass is 16.3. The van der Waals surface area contributed by atoms with E-state index < -0.39 is 0 Å². The third kappa shape index (κ3) is 1.24. The molecule has 0 aliphatic rings. The maximum absolute atomic E-state index is 9.35. The van der Waals surface area contributed by atoms with Crippen LogP contribution in [0.25, 0.3) is 10.9 Å². The van der Waals surface area contributed by atoms with Gasteiger partial charge in [0.2, 0.25) is 0 Å². The van der Waals surface area contributed by atoms with E-state index in [-0.39, 0.29) is 5.75 Å². The monoisotopic (exact) mass is 191 g/mol. The van der Waals surface area contributed by atoms with Gasteiger partial charge in [-0.1, -0.05) is 0 Å². The molecule has 3 N–H and O–H groups in total. The fourth-order valence-electron chi connectivity index (χ4n) is 1.65. The van der Waals surface area contributed by atoms with E-state index in [4.69, 9.17) is 5.73 Å². The number of aromatic nitrogens is 2. The van der Waals surface area contributed by atoms with Crippen LogP contribution >= 0.6 is 0 Å². The molecule has 0 aliphatic carbocycles. The van der Waals surface area contributed by atoms with Gasteiger partial charge in [0.05, 0.1) is 11.2 Å². The minimum Gasteiger partial charge on any atom is -0.508 e. The molecular weight excluding hydrogens is 178 g/mol. The lowest BCUT2D eigenvalue weighted by Crippen LogP contribution is -2.07. The maximum atomic E-state index is 9.35. The largest absolute Gasteiger partial charge is 0.508 e. The van der Waals surface area contributed by atoms with Crippen LogP contribution in [0.4, 0.5) is 0 Å². The lowest BCUT2D eigenvalue weighted by Gasteiger charge is -2.00. The zero-order valence-corrected chi connectivity index (χ0v) is 8.07. The van der Waals surface area contributed by atoms with E-state index in [0.717, 1.165) is 23.1 Å². The number of fused-ring (bicyclic) bond motifs is 1. The molecule has 0 atom stereocenters. The molecular formula is C10H13N3O. The number of phenols is 1. The standard InChI is InChI=1S/C10H13N3O/c1-2-13-10(6-11)8-5-7(14)3-4-9(8)12-13/h3-5,14H,2,6,11H2,1H3. The molecule has 0 amide bonds. The van der Waals surface area contributed by atoms with Crippen molar-refractivity contribution in [2.75, 3.05) is 0 Å². The molecule has 1 aromatic carbocycles. The van der Waals surface area contributed by atoms with E-state index >= 15 is 0 Å². The Hall–Kier alpha value is -1.55. The van der Waals surface area contributed by atoms with Gasteiger partial charge >= 0.3 is 0 Å². The van der Waals surface area contributed by atoms with E-state index in [1.165, 1.54) is 0 Å². The lowest BCUT2D eigenvalue weighted by atomic mass is 10.2. The first-order valence-corrected chi connectivity index (χ1v) is 4.64. The molecule has 2 aromatic rings. The van der Waals surface area contributed by atoms with Crippen LogP contribution in [0, 0.1) is 0 Å². The van der Waals surface area contributed by atoms with Crippen LogP contribution in [-0.4, -0.2) is 14.9 Å². The van der Waals surface area contributed by atoms with E-state index in [2.05, 4.69) is 5.10 Å². The summed E-state index contributed by atoms with van der Waals surface area (Å²) in [7, 11) is 0. The first-order valence-electron chi connectivity index (χ1n) is 4.64. The fourth-order valence-corrected chi connectivity index (χ4v) is 1.65. The number of phenolic OH excluding ortho intramolecular Hbond substituents is 1. The highest BCUT2D eigenvalue weighted by molar-refractivity contribution is 5.83. The first kappa shape index (κ1) is 9.02. The summed E-state index contributed by atoms with van der Waals surface area (Å²) >= 11 is 0. The van der Waals surface area contributed by atoms with Crippen molar-refractivity contribution in [1.29, 1.82) is 0 Å². The molecule has 4 nitrogen and oxygen atoms in total.